The second-order valence-corrected chi connectivity index (χ2v) is 6.79. The smallest absolute Gasteiger partial charge is 0.241 e. The Morgan fingerprint density at radius 2 is 1.73 bits per heavy atom. The molecule has 0 bridgehead atoms. The molecule has 3 nitrogen and oxygen atoms in total. The summed E-state index contributed by atoms with van der Waals surface area (Å²) >= 11 is 1.67. The van der Waals surface area contributed by atoms with E-state index in [1.807, 2.05) is 57.2 Å². The first-order valence-corrected chi connectivity index (χ1v) is 8.12. The first kappa shape index (κ1) is 14.7. The van der Waals surface area contributed by atoms with E-state index in [1.165, 1.54) is 0 Å². The van der Waals surface area contributed by atoms with Crippen LogP contribution in [0.15, 0.2) is 41.1 Å². The van der Waals surface area contributed by atoms with Crippen LogP contribution < -0.4 is 4.74 Å². The van der Waals surface area contributed by atoms with Crippen LogP contribution in [0.5, 0.6) is 5.88 Å². The van der Waals surface area contributed by atoms with E-state index in [0.717, 1.165) is 22.3 Å². The SMILES string of the molecule is CC(C)(C)Oc1nc2ccccc2nc1/C=C/c1ccsc1. The number of aromatic nitrogens is 2. The minimum Gasteiger partial charge on any atom is -0.470 e. The molecule has 0 aliphatic heterocycles. The van der Waals surface area contributed by atoms with Crippen LogP contribution in [0.1, 0.15) is 32.0 Å². The molecule has 0 N–H and O–H groups in total. The molecule has 0 aliphatic carbocycles. The molecule has 3 aromatic rings. The molecule has 0 aliphatic rings. The molecule has 0 unspecified atom stereocenters. The molecule has 3 rings (SSSR count). The van der Waals surface area contributed by atoms with Gasteiger partial charge in [-0.05, 0) is 61.4 Å². The normalized spacial score (nSPS) is 12.1. The van der Waals surface area contributed by atoms with Crippen LogP contribution in [0.2, 0.25) is 0 Å². The zero-order valence-corrected chi connectivity index (χ0v) is 13.7. The van der Waals surface area contributed by atoms with Gasteiger partial charge in [-0.2, -0.15) is 11.3 Å². The summed E-state index contributed by atoms with van der Waals surface area (Å²) in [5.41, 5.74) is 3.30. The van der Waals surface area contributed by atoms with E-state index in [2.05, 4.69) is 26.8 Å². The van der Waals surface area contributed by atoms with Crippen LogP contribution in [0.25, 0.3) is 23.2 Å². The van der Waals surface area contributed by atoms with Crippen LogP contribution in [0, 0.1) is 0 Å². The Morgan fingerprint density at radius 3 is 2.36 bits per heavy atom. The van der Waals surface area contributed by atoms with Crippen molar-refractivity contribution in [3.63, 3.8) is 0 Å². The average Bonchev–Trinajstić information content (AvgIpc) is 2.96. The minimum absolute atomic E-state index is 0.317. The van der Waals surface area contributed by atoms with Gasteiger partial charge in [0.25, 0.3) is 0 Å². The van der Waals surface area contributed by atoms with Crippen molar-refractivity contribution in [1.82, 2.24) is 9.97 Å². The highest BCUT2D eigenvalue weighted by Crippen LogP contribution is 2.24. The number of hydrogen-bond acceptors (Lipinski definition) is 4. The van der Waals surface area contributed by atoms with Crippen molar-refractivity contribution in [2.24, 2.45) is 0 Å². The van der Waals surface area contributed by atoms with Gasteiger partial charge in [0, 0.05) is 0 Å². The lowest BCUT2D eigenvalue weighted by Crippen LogP contribution is -2.24. The van der Waals surface area contributed by atoms with E-state index < -0.39 is 0 Å². The Labute approximate surface area is 134 Å². The maximum absolute atomic E-state index is 5.99. The predicted octanol–water partition coefficient (Wildman–Crippen LogP) is 5.04. The van der Waals surface area contributed by atoms with E-state index in [0.29, 0.717) is 5.88 Å². The molecular weight excluding hydrogens is 292 g/mol. The van der Waals surface area contributed by atoms with Gasteiger partial charge in [-0.1, -0.05) is 18.2 Å². The highest BCUT2D eigenvalue weighted by atomic mass is 32.1. The average molecular weight is 310 g/mol. The lowest BCUT2D eigenvalue weighted by atomic mass is 10.2. The predicted molar refractivity (Wildman–Crippen MR) is 93.2 cm³/mol. The van der Waals surface area contributed by atoms with Gasteiger partial charge in [-0.3, -0.25) is 0 Å². The van der Waals surface area contributed by atoms with Gasteiger partial charge in [0.15, 0.2) is 0 Å². The van der Waals surface area contributed by atoms with E-state index in [1.54, 1.807) is 11.3 Å². The van der Waals surface area contributed by atoms with Gasteiger partial charge >= 0.3 is 0 Å². The van der Waals surface area contributed by atoms with Crippen molar-refractivity contribution in [2.75, 3.05) is 0 Å². The van der Waals surface area contributed by atoms with Gasteiger partial charge in [-0.25, -0.2) is 9.97 Å². The summed E-state index contributed by atoms with van der Waals surface area (Å²) in [6, 6.07) is 9.90. The van der Waals surface area contributed by atoms with Crippen molar-refractivity contribution in [2.45, 2.75) is 26.4 Å². The number of ether oxygens (including phenoxy) is 1. The Kier molecular flexibility index (Phi) is 3.94. The summed E-state index contributed by atoms with van der Waals surface area (Å²) < 4.78 is 5.99. The van der Waals surface area contributed by atoms with E-state index in [9.17, 15) is 0 Å². The van der Waals surface area contributed by atoms with Crippen LogP contribution in [-0.2, 0) is 0 Å². The third kappa shape index (κ3) is 3.52. The standard InChI is InChI=1S/C18H18N2OS/c1-18(2,3)21-17-16(9-8-13-10-11-22-12-13)19-14-6-4-5-7-15(14)20-17/h4-12H,1-3H3/b9-8+. The summed E-state index contributed by atoms with van der Waals surface area (Å²) in [7, 11) is 0. The third-order valence-electron chi connectivity index (χ3n) is 2.94. The van der Waals surface area contributed by atoms with Crippen molar-refractivity contribution < 1.29 is 4.74 Å². The van der Waals surface area contributed by atoms with Gasteiger partial charge in [-0.15, -0.1) is 0 Å². The number of para-hydroxylation sites is 2. The molecule has 112 valence electrons. The fourth-order valence-corrected chi connectivity index (χ4v) is 2.64. The molecule has 0 saturated heterocycles. The summed E-state index contributed by atoms with van der Waals surface area (Å²) in [5, 5.41) is 4.15. The van der Waals surface area contributed by atoms with Crippen LogP contribution in [0.3, 0.4) is 0 Å². The monoisotopic (exact) mass is 310 g/mol. The summed E-state index contributed by atoms with van der Waals surface area (Å²) in [5.74, 6) is 0.567. The summed E-state index contributed by atoms with van der Waals surface area (Å²) in [6.07, 6.45) is 3.99. The number of rotatable bonds is 3. The highest BCUT2D eigenvalue weighted by molar-refractivity contribution is 7.08. The fraction of sp³-hybridized carbons (Fsp3) is 0.222. The maximum Gasteiger partial charge on any atom is 0.241 e. The Balaban J connectivity index is 2.06. The lowest BCUT2D eigenvalue weighted by molar-refractivity contribution is 0.123. The Hall–Kier alpha value is -2.20. The van der Waals surface area contributed by atoms with Crippen molar-refractivity contribution in [3.8, 4) is 5.88 Å². The van der Waals surface area contributed by atoms with Gasteiger partial charge in [0.2, 0.25) is 5.88 Å². The fourth-order valence-electron chi connectivity index (χ4n) is 2.02. The maximum atomic E-state index is 5.99. The number of fused-ring (bicyclic) bond motifs is 1. The van der Waals surface area contributed by atoms with Crippen molar-refractivity contribution in [3.05, 3.63) is 52.3 Å². The van der Waals surface area contributed by atoms with E-state index >= 15 is 0 Å². The second-order valence-electron chi connectivity index (χ2n) is 6.01. The summed E-state index contributed by atoms with van der Waals surface area (Å²) in [4.78, 5) is 9.31. The van der Waals surface area contributed by atoms with Gasteiger partial charge in [0.05, 0.1) is 11.0 Å². The first-order valence-electron chi connectivity index (χ1n) is 7.17. The molecule has 2 heterocycles. The Bertz CT molecular complexity index is 802. The second kappa shape index (κ2) is 5.89. The molecule has 1 aromatic carbocycles. The quantitative estimate of drug-likeness (QED) is 0.680. The summed E-state index contributed by atoms with van der Waals surface area (Å²) in [6.45, 7) is 6.03. The molecule has 0 radical (unpaired) electrons. The zero-order valence-electron chi connectivity index (χ0n) is 12.9. The topological polar surface area (TPSA) is 35.0 Å². The number of nitrogens with zero attached hydrogens (tertiary/aromatic N) is 2. The van der Waals surface area contributed by atoms with Crippen molar-refractivity contribution in [1.29, 1.82) is 0 Å². The molecule has 4 heteroatoms. The molecule has 22 heavy (non-hydrogen) atoms. The van der Waals surface area contributed by atoms with Gasteiger partial charge < -0.3 is 4.74 Å². The molecule has 0 amide bonds. The van der Waals surface area contributed by atoms with Crippen LogP contribution in [-0.4, -0.2) is 15.6 Å². The number of thiophene rings is 1. The van der Waals surface area contributed by atoms with Crippen LogP contribution in [0.4, 0.5) is 0 Å². The first-order chi connectivity index (χ1) is 10.5. The highest BCUT2D eigenvalue weighted by Gasteiger charge is 2.16. The third-order valence-corrected chi connectivity index (χ3v) is 3.64. The number of benzene rings is 1. The molecule has 0 spiro atoms. The van der Waals surface area contributed by atoms with Gasteiger partial charge in [0.1, 0.15) is 11.3 Å². The lowest BCUT2D eigenvalue weighted by Gasteiger charge is -2.21. The molecule has 0 saturated carbocycles. The van der Waals surface area contributed by atoms with Crippen LogP contribution >= 0.6 is 11.3 Å². The zero-order chi connectivity index (χ0) is 15.6. The number of hydrogen-bond donors (Lipinski definition) is 0. The van der Waals surface area contributed by atoms with E-state index in [-0.39, 0.29) is 5.60 Å². The minimum atomic E-state index is -0.317. The molecular formula is C18H18N2OS. The van der Waals surface area contributed by atoms with E-state index in [4.69, 9.17) is 4.74 Å². The molecule has 2 aromatic heterocycles. The Morgan fingerprint density at radius 1 is 1.00 bits per heavy atom. The molecule has 0 atom stereocenters. The molecule has 0 fully saturated rings. The largest absolute Gasteiger partial charge is 0.470 e. The van der Waals surface area contributed by atoms with Crippen molar-refractivity contribution >= 4 is 34.5 Å².